The lowest BCUT2D eigenvalue weighted by atomic mass is 9.99. The summed E-state index contributed by atoms with van der Waals surface area (Å²) in [6, 6.07) is 11.0. The molecule has 1 aliphatic carbocycles. The van der Waals surface area contributed by atoms with Crippen LogP contribution in [0.25, 0.3) is 34.7 Å². The molecule has 1 fully saturated rings. The maximum absolute atomic E-state index is 12.9. The summed E-state index contributed by atoms with van der Waals surface area (Å²) in [5, 5.41) is 3.74. The van der Waals surface area contributed by atoms with E-state index >= 15 is 0 Å². The Labute approximate surface area is 217 Å². The van der Waals surface area contributed by atoms with Crippen LogP contribution in [0, 0.1) is 0 Å². The van der Waals surface area contributed by atoms with Gasteiger partial charge in [-0.15, -0.1) is 0 Å². The van der Waals surface area contributed by atoms with Crippen LogP contribution in [-0.4, -0.2) is 43.5 Å². The van der Waals surface area contributed by atoms with Crippen molar-refractivity contribution in [3.8, 4) is 16.9 Å². The maximum Gasteiger partial charge on any atom is 0.181 e. The topological polar surface area (TPSA) is 127 Å². The molecule has 1 saturated carbocycles. The number of aromatic amines is 1. The Morgan fingerprint density at radius 3 is 2.78 bits per heavy atom. The molecule has 1 heterocycles. The number of rotatable bonds is 11. The Kier molecular flexibility index (Phi) is 7.85. The van der Waals surface area contributed by atoms with Gasteiger partial charge in [0.1, 0.15) is 5.75 Å². The van der Waals surface area contributed by atoms with Gasteiger partial charge < -0.3 is 20.5 Å². The molecule has 0 atom stereocenters. The number of aliphatic imine (C=N–C) groups is 1. The van der Waals surface area contributed by atoms with Crippen LogP contribution in [0.5, 0.6) is 5.75 Å². The summed E-state index contributed by atoms with van der Waals surface area (Å²) in [4.78, 5) is 7.36. The molecule has 37 heavy (non-hydrogen) atoms. The number of ether oxygens (including phenoxy) is 1. The van der Waals surface area contributed by atoms with Crippen molar-refractivity contribution in [3.63, 3.8) is 0 Å². The minimum atomic E-state index is -3.32. The first-order chi connectivity index (χ1) is 17.8. The molecular weight excluding hydrogens is 486 g/mol. The Morgan fingerprint density at radius 2 is 2.08 bits per heavy atom. The Morgan fingerprint density at radius 1 is 1.30 bits per heavy atom. The van der Waals surface area contributed by atoms with Crippen molar-refractivity contribution < 1.29 is 13.2 Å². The highest BCUT2D eigenvalue weighted by molar-refractivity contribution is 7.92. The average molecular weight is 520 g/mol. The van der Waals surface area contributed by atoms with Crippen LogP contribution in [0.2, 0.25) is 0 Å². The lowest BCUT2D eigenvalue weighted by Gasteiger charge is -2.14. The number of hydrazine groups is 1. The minimum Gasteiger partial charge on any atom is -0.491 e. The van der Waals surface area contributed by atoms with Gasteiger partial charge in [0.2, 0.25) is 0 Å². The van der Waals surface area contributed by atoms with Crippen LogP contribution in [0.1, 0.15) is 26.2 Å². The Balaban J connectivity index is 1.76. The fourth-order valence-electron chi connectivity index (χ4n) is 4.20. The van der Waals surface area contributed by atoms with E-state index in [-0.39, 0.29) is 5.25 Å². The molecule has 9 heteroatoms. The lowest BCUT2D eigenvalue weighted by Crippen LogP contribution is -2.27. The number of H-pyrrole nitrogens is 1. The summed E-state index contributed by atoms with van der Waals surface area (Å²) in [6.45, 7) is 10.5. The summed E-state index contributed by atoms with van der Waals surface area (Å²) in [7, 11) is -3.32. The van der Waals surface area contributed by atoms with Crippen molar-refractivity contribution in [2.45, 2.75) is 36.3 Å². The highest BCUT2D eigenvalue weighted by Crippen LogP contribution is 2.36. The van der Waals surface area contributed by atoms with E-state index < -0.39 is 9.84 Å². The van der Waals surface area contributed by atoms with Crippen LogP contribution in [0.3, 0.4) is 0 Å². The number of nitrogens with two attached hydrogens (primary N) is 2. The van der Waals surface area contributed by atoms with E-state index in [4.69, 9.17) is 16.3 Å². The third-order valence-electron chi connectivity index (χ3n) is 6.29. The quantitative estimate of drug-likeness (QED) is 0.155. The monoisotopic (exact) mass is 519 g/mol. The first-order valence-corrected chi connectivity index (χ1v) is 13.7. The van der Waals surface area contributed by atoms with Crippen LogP contribution in [-0.2, 0) is 9.84 Å². The van der Waals surface area contributed by atoms with Gasteiger partial charge in [0.05, 0.1) is 22.3 Å². The molecule has 3 aromatic rings. The average Bonchev–Trinajstić information content (AvgIpc) is 3.71. The normalized spacial score (nSPS) is 15.0. The second-order valence-electron chi connectivity index (χ2n) is 9.13. The molecule has 4 rings (SSSR count). The predicted molar refractivity (Wildman–Crippen MR) is 151 cm³/mol. The highest BCUT2D eigenvalue weighted by atomic mass is 32.2. The first kappa shape index (κ1) is 26.2. The molecule has 0 spiro atoms. The second kappa shape index (κ2) is 11.1. The molecular formula is C28H33N5O3S. The van der Waals surface area contributed by atoms with Crippen molar-refractivity contribution in [3.05, 3.63) is 71.1 Å². The SMILES string of the molecule is C=N/C=C\N(N)CCCOc1ccc(-c2cccc(S(=O)(=O)C3CC3)c2)c2/c(=C/C(C)=C\N)c(=C)[nH]c12. The van der Waals surface area contributed by atoms with Gasteiger partial charge in [0, 0.05) is 41.3 Å². The second-order valence-corrected chi connectivity index (χ2v) is 11.4. The van der Waals surface area contributed by atoms with Crippen LogP contribution >= 0.6 is 0 Å². The zero-order valence-electron chi connectivity index (χ0n) is 21.0. The van der Waals surface area contributed by atoms with E-state index in [1.165, 1.54) is 17.4 Å². The zero-order valence-corrected chi connectivity index (χ0v) is 21.8. The van der Waals surface area contributed by atoms with Gasteiger partial charge >= 0.3 is 0 Å². The molecule has 8 nitrogen and oxygen atoms in total. The standard InChI is InChI=1S/C28H33N5O3S/c1-19(18-29)16-25-20(2)32-28-26(36-15-5-13-33(30)14-12-31-3)11-10-24(27(25)28)21-6-4-7-23(17-21)37(34,35)22-8-9-22/h4,6-7,10-12,14,16-18,22,32H,2-3,5,8-9,13,15,29-30H2,1H3/b14-12-,19-18-,25-16+. The number of hydrogen-bond donors (Lipinski definition) is 3. The van der Waals surface area contributed by atoms with Gasteiger partial charge in [-0.05, 0) is 79.7 Å². The van der Waals surface area contributed by atoms with Gasteiger partial charge in [-0.2, -0.15) is 0 Å². The third kappa shape index (κ3) is 5.79. The van der Waals surface area contributed by atoms with Crippen molar-refractivity contribution in [1.82, 2.24) is 9.99 Å². The fraction of sp³-hybridized carbons (Fsp3) is 0.250. The van der Waals surface area contributed by atoms with Crippen molar-refractivity contribution in [2.24, 2.45) is 16.6 Å². The fourth-order valence-corrected chi connectivity index (χ4v) is 5.90. The molecule has 0 amide bonds. The van der Waals surface area contributed by atoms with E-state index in [2.05, 4.69) is 23.3 Å². The summed E-state index contributed by atoms with van der Waals surface area (Å²) < 4.78 is 32.0. The molecule has 0 radical (unpaired) electrons. The zero-order chi connectivity index (χ0) is 26.6. The molecule has 194 valence electrons. The number of sulfone groups is 1. The molecule has 0 saturated heterocycles. The van der Waals surface area contributed by atoms with Gasteiger partial charge in [-0.1, -0.05) is 18.7 Å². The van der Waals surface area contributed by atoms with Crippen LogP contribution in [0.15, 0.2) is 70.5 Å². The van der Waals surface area contributed by atoms with Gasteiger partial charge in [-0.3, -0.25) is 4.99 Å². The molecule has 0 bridgehead atoms. The van der Waals surface area contributed by atoms with Crippen molar-refractivity contribution in [2.75, 3.05) is 13.2 Å². The molecule has 0 unspecified atom stereocenters. The van der Waals surface area contributed by atoms with E-state index in [1.807, 2.05) is 31.2 Å². The van der Waals surface area contributed by atoms with E-state index in [0.717, 1.165) is 45.7 Å². The highest BCUT2D eigenvalue weighted by Gasteiger charge is 2.36. The Hall–Kier alpha value is -3.82. The molecule has 1 aromatic heterocycles. The third-order valence-corrected chi connectivity index (χ3v) is 8.55. The predicted octanol–water partition coefficient (Wildman–Crippen LogP) is 2.94. The van der Waals surface area contributed by atoms with Crippen molar-refractivity contribution >= 4 is 40.1 Å². The van der Waals surface area contributed by atoms with E-state index in [0.29, 0.717) is 35.6 Å². The number of hydrogen-bond acceptors (Lipinski definition) is 7. The lowest BCUT2D eigenvalue weighted by molar-refractivity contribution is 0.280. The number of benzene rings is 2. The Bertz CT molecular complexity index is 1580. The smallest absolute Gasteiger partial charge is 0.181 e. The van der Waals surface area contributed by atoms with Crippen molar-refractivity contribution in [1.29, 1.82) is 0 Å². The minimum absolute atomic E-state index is 0.272. The maximum atomic E-state index is 12.9. The summed E-state index contributed by atoms with van der Waals surface area (Å²) in [6.07, 6.45) is 8.80. The molecule has 2 aromatic carbocycles. The van der Waals surface area contributed by atoms with E-state index in [1.54, 1.807) is 24.4 Å². The van der Waals surface area contributed by atoms with Gasteiger partial charge in [0.15, 0.2) is 9.84 Å². The van der Waals surface area contributed by atoms with E-state index in [9.17, 15) is 8.42 Å². The first-order valence-electron chi connectivity index (χ1n) is 12.1. The molecule has 5 N–H and O–H groups in total. The summed E-state index contributed by atoms with van der Waals surface area (Å²) >= 11 is 0. The largest absolute Gasteiger partial charge is 0.491 e. The number of aromatic nitrogens is 1. The number of allylic oxidation sites excluding steroid dienone is 1. The molecule has 0 aliphatic heterocycles. The number of fused-ring (bicyclic) bond motifs is 1. The number of nitrogens with zero attached hydrogens (tertiary/aromatic N) is 2. The van der Waals surface area contributed by atoms with Crippen LogP contribution < -0.4 is 26.9 Å². The molecule has 1 aliphatic rings. The summed E-state index contributed by atoms with van der Waals surface area (Å²) in [5.74, 6) is 6.56. The summed E-state index contributed by atoms with van der Waals surface area (Å²) in [5.41, 5.74) is 9.11. The van der Waals surface area contributed by atoms with Crippen LogP contribution in [0.4, 0.5) is 0 Å². The van der Waals surface area contributed by atoms with Gasteiger partial charge in [0.25, 0.3) is 0 Å². The van der Waals surface area contributed by atoms with Gasteiger partial charge in [-0.25, -0.2) is 14.3 Å². The number of nitrogens with one attached hydrogen (secondary N) is 1.